The number of likely N-dealkylation sites (tertiary alicyclic amines) is 1. The zero-order valence-corrected chi connectivity index (χ0v) is 17.9. The first-order valence-corrected chi connectivity index (χ1v) is 9.22. The molecule has 1 saturated heterocycles. The lowest BCUT2D eigenvalue weighted by atomic mass is 10.0. The highest BCUT2D eigenvalue weighted by Gasteiger charge is 2.20. The van der Waals surface area contributed by atoms with Crippen LogP contribution in [0.15, 0.2) is 17.1 Å². The zero-order chi connectivity index (χ0) is 17.6. The van der Waals surface area contributed by atoms with Crippen molar-refractivity contribution in [1.29, 1.82) is 0 Å². The number of nitrogens with zero attached hydrogens (tertiary/aromatic N) is 2. The Kier molecular flexibility index (Phi) is 8.40. The SMILES string of the molecule is CCNC(=NCCc1cc(F)cc2c1OCOC2)N1CCCC(C)C1.I. The smallest absolute Gasteiger partial charge is 0.193 e. The number of hydrogen-bond donors (Lipinski definition) is 1. The molecule has 0 spiro atoms. The molecule has 2 aliphatic rings. The van der Waals surface area contributed by atoms with Gasteiger partial charge in [0.15, 0.2) is 12.8 Å². The number of ether oxygens (including phenoxy) is 2. The highest BCUT2D eigenvalue weighted by Crippen LogP contribution is 2.29. The minimum atomic E-state index is -0.247. The summed E-state index contributed by atoms with van der Waals surface area (Å²) < 4.78 is 24.6. The van der Waals surface area contributed by atoms with E-state index in [1.165, 1.54) is 18.9 Å². The third-order valence-electron chi connectivity index (χ3n) is 4.69. The molecular weight excluding hydrogens is 448 g/mol. The average molecular weight is 477 g/mol. The molecule has 1 unspecified atom stereocenters. The van der Waals surface area contributed by atoms with Crippen LogP contribution in [0.1, 0.15) is 37.8 Å². The van der Waals surface area contributed by atoms with Crippen LogP contribution >= 0.6 is 24.0 Å². The summed E-state index contributed by atoms with van der Waals surface area (Å²) >= 11 is 0. The third kappa shape index (κ3) is 5.45. The van der Waals surface area contributed by atoms with Gasteiger partial charge in [-0.1, -0.05) is 6.92 Å². The van der Waals surface area contributed by atoms with Crippen LogP contribution in [0.2, 0.25) is 0 Å². The van der Waals surface area contributed by atoms with E-state index in [0.717, 1.165) is 42.5 Å². The van der Waals surface area contributed by atoms with Gasteiger partial charge in [0, 0.05) is 31.7 Å². The van der Waals surface area contributed by atoms with Crippen molar-refractivity contribution in [2.45, 2.75) is 39.7 Å². The van der Waals surface area contributed by atoms with E-state index in [1.54, 1.807) is 6.07 Å². The Morgan fingerprint density at radius 1 is 1.42 bits per heavy atom. The molecule has 2 aliphatic heterocycles. The number of fused-ring (bicyclic) bond motifs is 1. The van der Waals surface area contributed by atoms with E-state index in [-0.39, 0.29) is 36.6 Å². The molecule has 1 atom stereocenters. The van der Waals surface area contributed by atoms with Gasteiger partial charge in [-0.2, -0.15) is 0 Å². The summed E-state index contributed by atoms with van der Waals surface area (Å²) in [5.41, 5.74) is 1.65. The average Bonchev–Trinajstić information content (AvgIpc) is 2.60. The molecule has 0 amide bonds. The maximum Gasteiger partial charge on any atom is 0.193 e. The lowest BCUT2D eigenvalue weighted by Gasteiger charge is -2.33. The zero-order valence-electron chi connectivity index (χ0n) is 15.6. The molecule has 1 fully saturated rings. The molecule has 0 radical (unpaired) electrons. The summed E-state index contributed by atoms with van der Waals surface area (Å²) in [6.45, 7) is 8.54. The van der Waals surface area contributed by atoms with Crippen molar-refractivity contribution in [3.05, 3.63) is 29.1 Å². The molecule has 0 saturated carbocycles. The number of benzene rings is 1. The van der Waals surface area contributed by atoms with Crippen molar-refractivity contribution in [1.82, 2.24) is 10.2 Å². The highest BCUT2D eigenvalue weighted by molar-refractivity contribution is 14.0. The first kappa shape index (κ1) is 21.2. The number of nitrogens with one attached hydrogen (secondary N) is 1. The van der Waals surface area contributed by atoms with Gasteiger partial charge < -0.3 is 19.7 Å². The Hall–Kier alpha value is -1.09. The van der Waals surface area contributed by atoms with E-state index in [9.17, 15) is 4.39 Å². The normalized spacial score (nSPS) is 20.0. The fourth-order valence-electron chi connectivity index (χ4n) is 3.53. The van der Waals surface area contributed by atoms with Gasteiger partial charge in [-0.3, -0.25) is 4.99 Å². The topological polar surface area (TPSA) is 46.1 Å². The van der Waals surface area contributed by atoms with Crippen LogP contribution < -0.4 is 10.1 Å². The van der Waals surface area contributed by atoms with Crippen LogP contribution in [0.5, 0.6) is 5.75 Å². The van der Waals surface area contributed by atoms with E-state index < -0.39 is 0 Å². The molecular formula is C19H29FIN3O2. The van der Waals surface area contributed by atoms with Gasteiger partial charge in [0.05, 0.1) is 6.61 Å². The Labute approximate surface area is 172 Å². The van der Waals surface area contributed by atoms with Gasteiger partial charge in [-0.25, -0.2) is 4.39 Å². The molecule has 2 heterocycles. The number of halogens is 2. The minimum Gasteiger partial charge on any atom is -0.467 e. The minimum absolute atomic E-state index is 0. The molecule has 5 nitrogen and oxygen atoms in total. The quantitative estimate of drug-likeness (QED) is 0.410. The van der Waals surface area contributed by atoms with E-state index in [4.69, 9.17) is 14.5 Å². The second-order valence-corrected chi connectivity index (χ2v) is 6.84. The molecule has 146 valence electrons. The number of aliphatic imine (C=N–C) groups is 1. The predicted octanol–water partition coefficient (Wildman–Crippen LogP) is 3.55. The van der Waals surface area contributed by atoms with Crippen LogP contribution in [0.4, 0.5) is 4.39 Å². The molecule has 0 aromatic heterocycles. The Balaban J connectivity index is 0.00000243. The van der Waals surface area contributed by atoms with Gasteiger partial charge >= 0.3 is 0 Å². The van der Waals surface area contributed by atoms with Crippen molar-refractivity contribution in [3.63, 3.8) is 0 Å². The fourth-order valence-corrected chi connectivity index (χ4v) is 3.53. The standard InChI is InChI=1S/C19H28FN3O2.HI/c1-3-21-19(23-8-4-5-14(2)11-23)22-7-6-15-9-17(20)10-16-12-24-13-25-18(15)16;/h9-10,14H,3-8,11-13H2,1-2H3,(H,21,22);1H. The third-order valence-corrected chi connectivity index (χ3v) is 4.69. The first-order valence-electron chi connectivity index (χ1n) is 9.22. The summed E-state index contributed by atoms with van der Waals surface area (Å²) in [6.07, 6.45) is 3.14. The number of rotatable bonds is 4. The van der Waals surface area contributed by atoms with Crippen LogP contribution in [-0.4, -0.2) is 43.8 Å². The number of piperidine rings is 1. The van der Waals surface area contributed by atoms with Crippen molar-refractivity contribution in [3.8, 4) is 5.75 Å². The summed E-state index contributed by atoms with van der Waals surface area (Å²) in [5.74, 6) is 2.17. The van der Waals surface area contributed by atoms with E-state index >= 15 is 0 Å². The van der Waals surface area contributed by atoms with Crippen molar-refractivity contribution < 1.29 is 13.9 Å². The second-order valence-electron chi connectivity index (χ2n) is 6.84. The molecule has 7 heteroatoms. The van der Waals surface area contributed by atoms with E-state index in [2.05, 4.69) is 24.1 Å². The summed E-state index contributed by atoms with van der Waals surface area (Å²) in [7, 11) is 0. The molecule has 1 aromatic carbocycles. The van der Waals surface area contributed by atoms with Gasteiger partial charge in [-0.15, -0.1) is 24.0 Å². The number of hydrogen-bond acceptors (Lipinski definition) is 3. The number of guanidine groups is 1. The van der Waals surface area contributed by atoms with Crippen LogP contribution in [-0.2, 0) is 17.8 Å². The van der Waals surface area contributed by atoms with E-state index in [1.807, 2.05) is 0 Å². The lowest BCUT2D eigenvalue weighted by Crippen LogP contribution is -2.46. The molecule has 1 N–H and O–H groups in total. The van der Waals surface area contributed by atoms with Gasteiger partial charge in [0.1, 0.15) is 11.6 Å². The summed E-state index contributed by atoms with van der Waals surface area (Å²) in [6, 6.07) is 3.04. The predicted molar refractivity (Wildman–Crippen MR) is 112 cm³/mol. The lowest BCUT2D eigenvalue weighted by molar-refractivity contribution is -0.0172. The molecule has 0 aliphatic carbocycles. The first-order chi connectivity index (χ1) is 12.2. The van der Waals surface area contributed by atoms with Crippen molar-refractivity contribution in [2.75, 3.05) is 33.0 Å². The highest BCUT2D eigenvalue weighted by atomic mass is 127. The maximum absolute atomic E-state index is 13.8. The van der Waals surface area contributed by atoms with Crippen molar-refractivity contribution in [2.24, 2.45) is 10.9 Å². The Bertz CT molecular complexity index is 627. The van der Waals surface area contributed by atoms with Crippen LogP contribution in [0, 0.1) is 11.7 Å². The molecule has 1 aromatic rings. The monoisotopic (exact) mass is 477 g/mol. The Morgan fingerprint density at radius 2 is 2.27 bits per heavy atom. The Morgan fingerprint density at radius 3 is 3.04 bits per heavy atom. The molecule has 26 heavy (non-hydrogen) atoms. The maximum atomic E-state index is 13.8. The van der Waals surface area contributed by atoms with Crippen LogP contribution in [0.3, 0.4) is 0 Å². The van der Waals surface area contributed by atoms with Gasteiger partial charge in [0.2, 0.25) is 0 Å². The van der Waals surface area contributed by atoms with Gasteiger partial charge in [-0.05, 0) is 49.8 Å². The molecule has 3 rings (SSSR count). The van der Waals surface area contributed by atoms with E-state index in [0.29, 0.717) is 25.5 Å². The van der Waals surface area contributed by atoms with Gasteiger partial charge in [0.25, 0.3) is 0 Å². The molecule has 0 bridgehead atoms. The summed E-state index contributed by atoms with van der Waals surface area (Å²) in [4.78, 5) is 7.10. The second kappa shape index (κ2) is 10.3. The largest absolute Gasteiger partial charge is 0.467 e. The van der Waals surface area contributed by atoms with Crippen LogP contribution in [0.25, 0.3) is 0 Å². The summed E-state index contributed by atoms with van der Waals surface area (Å²) in [5, 5.41) is 3.38. The fraction of sp³-hybridized carbons (Fsp3) is 0.632. The van der Waals surface area contributed by atoms with Crippen molar-refractivity contribution >= 4 is 29.9 Å².